The van der Waals surface area contributed by atoms with Gasteiger partial charge in [0.2, 0.25) is 0 Å². The minimum Gasteiger partial charge on any atom is -0.0622 e. The first kappa shape index (κ1) is 26.4. The van der Waals surface area contributed by atoms with Crippen molar-refractivity contribution < 1.29 is 0 Å². The number of hydrogen-bond acceptors (Lipinski definition) is 0. The molecule has 0 spiro atoms. The van der Waals surface area contributed by atoms with Crippen molar-refractivity contribution >= 4 is 43.1 Å². The second kappa shape index (κ2) is 10.9. The van der Waals surface area contributed by atoms with Crippen molar-refractivity contribution in [2.24, 2.45) is 0 Å². The number of benzene rings is 9. The van der Waals surface area contributed by atoms with Gasteiger partial charge in [-0.2, -0.15) is 0 Å². The quantitative estimate of drug-likeness (QED) is 0.143. The second-order valence-electron chi connectivity index (χ2n) is 12.2. The maximum atomic E-state index is 2.39. The summed E-state index contributed by atoms with van der Waals surface area (Å²) in [5.74, 6) is 0. The first-order chi connectivity index (χ1) is 22.8. The molecular weight excluding hydrogens is 553 g/mol. The second-order valence-corrected chi connectivity index (χ2v) is 12.2. The molecule has 0 fully saturated rings. The minimum atomic E-state index is 1.21. The molecule has 0 heterocycles. The van der Waals surface area contributed by atoms with Crippen molar-refractivity contribution in [2.75, 3.05) is 0 Å². The van der Waals surface area contributed by atoms with Gasteiger partial charge in [-0.15, -0.1) is 0 Å². The molecule has 9 aromatic carbocycles. The van der Waals surface area contributed by atoms with Crippen molar-refractivity contribution in [1.29, 1.82) is 0 Å². The zero-order valence-electron chi connectivity index (χ0n) is 25.3. The highest BCUT2D eigenvalue weighted by Gasteiger charge is 2.15. The average Bonchev–Trinajstić information content (AvgIpc) is 3.14. The lowest BCUT2D eigenvalue weighted by Gasteiger charge is -2.17. The van der Waals surface area contributed by atoms with Gasteiger partial charge in [0.25, 0.3) is 0 Å². The van der Waals surface area contributed by atoms with Gasteiger partial charge in [0.1, 0.15) is 0 Å². The van der Waals surface area contributed by atoms with E-state index in [9.17, 15) is 0 Å². The van der Waals surface area contributed by atoms with Crippen LogP contribution in [0.15, 0.2) is 182 Å². The van der Waals surface area contributed by atoms with E-state index in [0.717, 1.165) is 0 Å². The van der Waals surface area contributed by atoms with Gasteiger partial charge in [0, 0.05) is 0 Å². The van der Waals surface area contributed by atoms with Crippen molar-refractivity contribution in [1.82, 2.24) is 0 Å². The molecule has 0 aliphatic carbocycles. The molecule has 0 bridgehead atoms. The molecule has 0 unspecified atom stereocenters. The van der Waals surface area contributed by atoms with Crippen molar-refractivity contribution in [3.8, 4) is 44.5 Å². The van der Waals surface area contributed by atoms with Crippen LogP contribution in [-0.4, -0.2) is 0 Å². The van der Waals surface area contributed by atoms with Crippen LogP contribution in [0.1, 0.15) is 0 Å². The Labute approximate surface area is 268 Å². The Hall–Kier alpha value is -5.98. The fraction of sp³-hybridized carbons (Fsp3) is 0. The lowest BCUT2D eigenvalue weighted by molar-refractivity contribution is 1.57. The summed E-state index contributed by atoms with van der Waals surface area (Å²) in [6.45, 7) is 0. The van der Waals surface area contributed by atoms with Gasteiger partial charge >= 0.3 is 0 Å². The zero-order chi connectivity index (χ0) is 30.5. The monoisotopic (exact) mass is 582 g/mol. The van der Waals surface area contributed by atoms with E-state index >= 15 is 0 Å². The van der Waals surface area contributed by atoms with Crippen molar-refractivity contribution in [2.45, 2.75) is 0 Å². The lowest BCUT2D eigenvalue weighted by Crippen LogP contribution is -1.90. The summed E-state index contributed by atoms with van der Waals surface area (Å²) in [7, 11) is 0. The molecule has 0 aliphatic heterocycles. The topological polar surface area (TPSA) is 0 Å². The summed E-state index contributed by atoms with van der Waals surface area (Å²) in [4.78, 5) is 0. The third-order valence-corrected chi connectivity index (χ3v) is 9.38. The molecule has 0 N–H and O–H groups in total. The SMILES string of the molecule is c1ccc(-c2cc(-c3cccc(-c4ccc5ccccc5c4)c3)cc(-c3c4ccccc4cc4c3ccc3ccccc34)c2)cc1. The maximum Gasteiger partial charge on any atom is -0.00262 e. The maximum absolute atomic E-state index is 2.39. The highest BCUT2D eigenvalue weighted by molar-refractivity contribution is 6.20. The van der Waals surface area contributed by atoms with Gasteiger partial charge in [-0.1, -0.05) is 146 Å². The minimum absolute atomic E-state index is 1.21. The van der Waals surface area contributed by atoms with E-state index in [2.05, 4.69) is 182 Å². The summed E-state index contributed by atoms with van der Waals surface area (Å²) in [6.07, 6.45) is 0. The average molecular weight is 583 g/mol. The Morgan fingerprint density at radius 3 is 1.57 bits per heavy atom. The Bertz CT molecular complexity index is 2570. The van der Waals surface area contributed by atoms with Crippen LogP contribution in [0.25, 0.3) is 87.6 Å². The predicted molar refractivity (Wildman–Crippen MR) is 198 cm³/mol. The lowest BCUT2D eigenvalue weighted by atomic mass is 9.87. The van der Waals surface area contributed by atoms with Gasteiger partial charge < -0.3 is 0 Å². The van der Waals surface area contributed by atoms with Gasteiger partial charge in [-0.3, -0.25) is 0 Å². The van der Waals surface area contributed by atoms with Crippen LogP contribution in [0, 0.1) is 0 Å². The molecule has 214 valence electrons. The van der Waals surface area contributed by atoms with Gasteiger partial charge in [0.05, 0.1) is 0 Å². The summed E-state index contributed by atoms with van der Waals surface area (Å²) in [5.41, 5.74) is 9.80. The predicted octanol–water partition coefficient (Wildman–Crippen LogP) is 13.0. The molecule has 0 nitrogen and oxygen atoms in total. The van der Waals surface area contributed by atoms with E-state index in [1.54, 1.807) is 0 Å². The van der Waals surface area contributed by atoms with Crippen LogP contribution >= 0.6 is 0 Å². The Morgan fingerprint density at radius 1 is 0.196 bits per heavy atom. The Kier molecular flexibility index (Phi) is 6.25. The molecule has 9 rings (SSSR count). The van der Waals surface area contributed by atoms with Crippen LogP contribution in [0.4, 0.5) is 0 Å². The van der Waals surface area contributed by atoms with Crippen LogP contribution in [0.5, 0.6) is 0 Å². The molecular formula is C46H30. The van der Waals surface area contributed by atoms with Gasteiger partial charge in [-0.05, 0) is 124 Å². The molecule has 46 heavy (non-hydrogen) atoms. The summed E-state index contributed by atoms with van der Waals surface area (Å²) < 4.78 is 0. The smallest absolute Gasteiger partial charge is 0.00262 e. The molecule has 0 aromatic heterocycles. The standard InChI is InChI=1S/C46H30/c1-2-11-31(12-3-1)39-27-40(36-18-10-17-35(26-36)37-22-21-32-13-4-5-15-34(32)25-37)29-41(28-39)46-43-20-9-7-16-38(43)30-45-42-19-8-6-14-33(42)23-24-44(45)46/h1-30H. The molecule has 0 radical (unpaired) electrons. The first-order valence-electron chi connectivity index (χ1n) is 15.9. The summed E-state index contributed by atoms with van der Waals surface area (Å²) in [5, 5.41) is 10.2. The number of hydrogen-bond donors (Lipinski definition) is 0. The van der Waals surface area contributed by atoms with E-state index in [4.69, 9.17) is 0 Å². The fourth-order valence-electron chi connectivity index (χ4n) is 7.11. The molecule has 0 saturated heterocycles. The zero-order valence-corrected chi connectivity index (χ0v) is 25.3. The van der Waals surface area contributed by atoms with Gasteiger partial charge in [-0.25, -0.2) is 0 Å². The van der Waals surface area contributed by atoms with Crippen LogP contribution < -0.4 is 0 Å². The van der Waals surface area contributed by atoms with Crippen LogP contribution in [0.2, 0.25) is 0 Å². The Balaban J connectivity index is 1.30. The fourth-order valence-corrected chi connectivity index (χ4v) is 7.11. The molecule has 0 heteroatoms. The van der Waals surface area contributed by atoms with Crippen molar-refractivity contribution in [3.05, 3.63) is 182 Å². The molecule has 0 atom stereocenters. The number of fused-ring (bicyclic) bond motifs is 5. The first-order valence-corrected chi connectivity index (χ1v) is 15.9. The van der Waals surface area contributed by atoms with E-state index in [0.29, 0.717) is 0 Å². The van der Waals surface area contributed by atoms with Crippen molar-refractivity contribution in [3.63, 3.8) is 0 Å². The summed E-state index contributed by atoms with van der Waals surface area (Å²) >= 11 is 0. The van der Waals surface area contributed by atoms with Gasteiger partial charge in [0.15, 0.2) is 0 Å². The third-order valence-electron chi connectivity index (χ3n) is 9.38. The van der Waals surface area contributed by atoms with Crippen LogP contribution in [0.3, 0.4) is 0 Å². The molecule has 0 saturated carbocycles. The molecule has 0 aliphatic rings. The third kappa shape index (κ3) is 4.55. The highest BCUT2D eigenvalue weighted by Crippen LogP contribution is 2.42. The van der Waals surface area contributed by atoms with E-state index < -0.39 is 0 Å². The highest BCUT2D eigenvalue weighted by atomic mass is 14.2. The Morgan fingerprint density at radius 2 is 0.739 bits per heavy atom. The normalized spacial score (nSPS) is 11.5. The number of rotatable bonds is 4. The van der Waals surface area contributed by atoms with E-state index in [1.807, 2.05) is 0 Å². The van der Waals surface area contributed by atoms with E-state index in [1.165, 1.54) is 87.6 Å². The largest absolute Gasteiger partial charge is 0.0622 e. The summed E-state index contributed by atoms with van der Waals surface area (Å²) in [6, 6.07) is 66.7. The molecule has 0 amide bonds. The molecule has 9 aromatic rings. The van der Waals surface area contributed by atoms with Crippen LogP contribution in [-0.2, 0) is 0 Å². The van der Waals surface area contributed by atoms with E-state index in [-0.39, 0.29) is 0 Å².